The SMILES string of the molecule is C/C(=C/c1nnc([C@H]2CN(S(C)(=O)=O)CCO2)o1)C(C)(C)C. The number of hydrogen-bond acceptors (Lipinski definition) is 6. The predicted molar refractivity (Wildman–Crippen MR) is 82.5 cm³/mol. The van der Waals surface area contributed by atoms with Crippen LogP contribution in [0.5, 0.6) is 0 Å². The minimum atomic E-state index is -3.25. The van der Waals surface area contributed by atoms with E-state index in [2.05, 4.69) is 31.0 Å². The van der Waals surface area contributed by atoms with E-state index < -0.39 is 16.1 Å². The lowest BCUT2D eigenvalue weighted by Gasteiger charge is -2.29. The molecule has 1 aliphatic heterocycles. The van der Waals surface area contributed by atoms with Gasteiger partial charge in [0.1, 0.15) is 6.10 Å². The maximum absolute atomic E-state index is 11.6. The zero-order valence-electron chi connectivity index (χ0n) is 13.7. The Balaban J connectivity index is 2.15. The van der Waals surface area contributed by atoms with Gasteiger partial charge < -0.3 is 9.15 Å². The zero-order chi connectivity index (χ0) is 16.5. The summed E-state index contributed by atoms with van der Waals surface area (Å²) < 4.78 is 35.8. The van der Waals surface area contributed by atoms with Gasteiger partial charge in [0.15, 0.2) is 0 Å². The van der Waals surface area contributed by atoms with Gasteiger partial charge in [0, 0.05) is 19.2 Å². The summed E-state index contributed by atoms with van der Waals surface area (Å²) in [5, 5.41) is 7.97. The zero-order valence-corrected chi connectivity index (χ0v) is 14.5. The van der Waals surface area contributed by atoms with Gasteiger partial charge in [0.05, 0.1) is 12.9 Å². The third-order valence-corrected chi connectivity index (χ3v) is 5.02. The summed E-state index contributed by atoms with van der Waals surface area (Å²) in [7, 11) is -3.25. The summed E-state index contributed by atoms with van der Waals surface area (Å²) in [5.41, 5.74) is 1.13. The highest BCUT2D eigenvalue weighted by atomic mass is 32.2. The van der Waals surface area contributed by atoms with Crippen LogP contribution in [-0.4, -0.2) is 48.9 Å². The van der Waals surface area contributed by atoms with Crippen LogP contribution in [0, 0.1) is 5.41 Å². The molecule has 0 amide bonds. The van der Waals surface area contributed by atoms with Crippen LogP contribution in [0.1, 0.15) is 45.6 Å². The Morgan fingerprint density at radius 1 is 1.36 bits per heavy atom. The number of hydrogen-bond donors (Lipinski definition) is 0. The largest absolute Gasteiger partial charge is 0.418 e. The van der Waals surface area contributed by atoms with Crippen LogP contribution in [0.3, 0.4) is 0 Å². The van der Waals surface area contributed by atoms with Gasteiger partial charge in [-0.3, -0.25) is 0 Å². The van der Waals surface area contributed by atoms with E-state index in [1.807, 2.05) is 13.0 Å². The fraction of sp³-hybridized carbons (Fsp3) is 0.714. The van der Waals surface area contributed by atoms with Crippen molar-refractivity contribution in [1.82, 2.24) is 14.5 Å². The van der Waals surface area contributed by atoms with E-state index in [-0.39, 0.29) is 12.0 Å². The topological polar surface area (TPSA) is 85.5 Å². The summed E-state index contributed by atoms with van der Waals surface area (Å²) in [6, 6.07) is 0. The summed E-state index contributed by atoms with van der Waals surface area (Å²) in [4.78, 5) is 0. The van der Waals surface area contributed by atoms with Gasteiger partial charge in [0.25, 0.3) is 0 Å². The Morgan fingerprint density at radius 3 is 2.64 bits per heavy atom. The van der Waals surface area contributed by atoms with E-state index in [9.17, 15) is 8.42 Å². The molecular formula is C14H23N3O4S. The van der Waals surface area contributed by atoms with Crippen molar-refractivity contribution >= 4 is 16.1 Å². The molecule has 0 unspecified atom stereocenters. The lowest BCUT2D eigenvalue weighted by atomic mass is 9.87. The molecule has 124 valence electrons. The van der Waals surface area contributed by atoms with Crippen molar-refractivity contribution < 1.29 is 17.6 Å². The van der Waals surface area contributed by atoms with Crippen LogP contribution in [0.4, 0.5) is 0 Å². The minimum Gasteiger partial charge on any atom is -0.418 e. The van der Waals surface area contributed by atoms with Gasteiger partial charge >= 0.3 is 0 Å². The first-order valence-corrected chi connectivity index (χ1v) is 9.01. The van der Waals surface area contributed by atoms with Crippen LogP contribution >= 0.6 is 0 Å². The first-order valence-electron chi connectivity index (χ1n) is 7.16. The first-order chi connectivity index (χ1) is 10.1. The molecule has 0 saturated carbocycles. The maximum atomic E-state index is 11.6. The molecular weight excluding hydrogens is 306 g/mol. The van der Waals surface area contributed by atoms with Gasteiger partial charge in [-0.25, -0.2) is 8.42 Å². The van der Waals surface area contributed by atoms with Gasteiger partial charge in [-0.1, -0.05) is 26.3 Å². The number of allylic oxidation sites excluding steroid dienone is 1. The molecule has 0 aromatic carbocycles. The highest BCUT2D eigenvalue weighted by Crippen LogP contribution is 2.27. The lowest BCUT2D eigenvalue weighted by molar-refractivity contribution is -0.0172. The molecule has 2 rings (SSSR count). The van der Waals surface area contributed by atoms with Crippen LogP contribution in [0.15, 0.2) is 9.99 Å². The molecule has 1 aromatic rings. The third-order valence-electron chi connectivity index (χ3n) is 3.75. The van der Waals surface area contributed by atoms with Crippen molar-refractivity contribution in [3.05, 3.63) is 17.4 Å². The Labute approximate surface area is 131 Å². The second-order valence-electron chi connectivity index (χ2n) is 6.54. The molecule has 0 bridgehead atoms. The second-order valence-corrected chi connectivity index (χ2v) is 8.52. The minimum absolute atomic E-state index is 0.0169. The summed E-state index contributed by atoms with van der Waals surface area (Å²) in [5.74, 6) is 0.712. The number of aromatic nitrogens is 2. The lowest BCUT2D eigenvalue weighted by Crippen LogP contribution is -2.41. The standard InChI is InChI=1S/C14H23N3O4S/c1-10(14(2,3)4)8-12-15-16-13(21-12)11-9-17(6-7-20-11)22(5,18)19/h8,11H,6-7,9H2,1-5H3/b10-8-/t11-/m1/s1. The average molecular weight is 329 g/mol. The number of morpholine rings is 1. The summed E-state index contributed by atoms with van der Waals surface area (Å²) >= 11 is 0. The van der Waals surface area contributed by atoms with E-state index >= 15 is 0 Å². The molecule has 0 N–H and O–H groups in total. The fourth-order valence-electron chi connectivity index (χ4n) is 1.91. The molecule has 0 spiro atoms. The molecule has 0 radical (unpaired) electrons. The number of nitrogens with zero attached hydrogens (tertiary/aromatic N) is 3. The van der Waals surface area contributed by atoms with E-state index in [0.29, 0.717) is 24.9 Å². The van der Waals surface area contributed by atoms with Crippen molar-refractivity contribution in [3.63, 3.8) is 0 Å². The first kappa shape index (κ1) is 17.1. The molecule has 7 nitrogen and oxygen atoms in total. The molecule has 2 heterocycles. The van der Waals surface area contributed by atoms with Crippen LogP contribution in [0.25, 0.3) is 6.08 Å². The monoisotopic (exact) mass is 329 g/mol. The quantitative estimate of drug-likeness (QED) is 0.841. The molecule has 1 atom stereocenters. The molecule has 0 aliphatic carbocycles. The Bertz CT molecular complexity index is 658. The predicted octanol–water partition coefficient (Wildman–Crippen LogP) is 1.85. The van der Waals surface area contributed by atoms with E-state index in [0.717, 1.165) is 5.57 Å². The Morgan fingerprint density at radius 2 is 2.05 bits per heavy atom. The van der Waals surface area contributed by atoms with Gasteiger partial charge in [-0.05, 0) is 12.3 Å². The van der Waals surface area contributed by atoms with Crippen molar-refractivity contribution in [2.75, 3.05) is 26.0 Å². The van der Waals surface area contributed by atoms with Gasteiger partial charge in [0.2, 0.25) is 21.8 Å². The Kier molecular flexibility index (Phi) is 4.74. The molecule has 22 heavy (non-hydrogen) atoms. The smallest absolute Gasteiger partial charge is 0.246 e. The maximum Gasteiger partial charge on any atom is 0.246 e. The molecule has 1 fully saturated rings. The second kappa shape index (κ2) is 6.10. The van der Waals surface area contributed by atoms with Crippen LogP contribution in [0.2, 0.25) is 0 Å². The van der Waals surface area contributed by atoms with Crippen molar-refractivity contribution in [3.8, 4) is 0 Å². The summed E-state index contributed by atoms with van der Waals surface area (Å²) in [6.45, 7) is 9.17. The van der Waals surface area contributed by atoms with Crippen molar-refractivity contribution in [1.29, 1.82) is 0 Å². The van der Waals surface area contributed by atoms with Crippen LogP contribution < -0.4 is 0 Å². The number of rotatable bonds is 3. The molecule has 1 aliphatic rings. The highest BCUT2D eigenvalue weighted by Gasteiger charge is 2.30. The molecule has 8 heteroatoms. The average Bonchev–Trinajstić information content (AvgIpc) is 2.85. The summed E-state index contributed by atoms with van der Waals surface area (Å²) in [6.07, 6.45) is 2.51. The number of sulfonamides is 1. The third kappa shape index (κ3) is 4.15. The van der Waals surface area contributed by atoms with E-state index in [4.69, 9.17) is 9.15 Å². The van der Waals surface area contributed by atoms with Crippen molar-refractivity contribution in [2.45, 2.75) is 33.8 Å². The Hall–Kier alpha value is -1.25. The fourth-order valence-corrected chi connectivity index (χ4v) is 2.73. The number of ether oxygens (including phenoxy) is 1. The highest BCUT2D eigenvalue weighted by molar-refractivity contribution is 7.88. The molecule has 1 saturated heterocycles. The van der Waals surface area contributed by atoms with Gasteiger partial charge in [-0.2, -0.15) is 4.31 Å². The van der Waals surface area contributed by atoms with Crippen molar-refractivity contribution in [2.24, 2.45) is 5.41 Å². The molecule has 1 aromatic heterocycles. The van der Waals surface area contributed by atoms with Gasteiger partial charge in [-0.15, -0.1) is 10.2 Å². The van der Waals surface area contributed by atoms with Crippen LogP contribution in [-0.2, 0) is 14.8 Å². The van der Waals surface area contributed by atoms with E-state index in [1.54, 1.807) is 0 Å². The normalized spacial score (nSPS) is 22.0. The van der Waals surface area contributed by atoms with E-state index in [1.165, 1.54) is 10.6 Å².